The van der Waals surface area contributed by atoms with Crippen molar-refractivity contribution in [2.45, 2.75) is 16.0 Å². The molecule has 0 aliphatic carbocycles. The Kier molecular flexibility index (Phi) is 5.58. The molecule has 0 unspecified atom stereocenters. The van der Waals surface area contributed by atoms with Crippen molar-refractivity contribution in [1.82, 2.24) is 0 Å². The van der Waals surface area contributed by atoms with E-state index in [0.717, 1.165) is 37.1 Å². The van der Waals surface area contributed by atoms with E-state index in [9.17, 15) is 28.1 Å². The van der Waals surface area contributed by atoms with E-state index in [2.05, 4.69) is 4.74 Å². The van der Waals surface area contributed by atoms with Gasteiger partial charge in [-0.3, -0.25) is 10.1 Å². The molecule has 0 spiro atoms. The van der Waals surface area contributed by atoms with Gasteiger partial charge in [-0.1, -0.05) is 23.4 Å². The number of halogens is 4. The van der Waals surface area contributed by atoms with E-state index in [4.69, 9.17) is 11.6 Å². The van der Waals surface area contributed by atoms with Crippen LogP contribution in [-0.4, -0.2) is 18.0 Å². The summed E-state index contributed by atoms with van der Waals surface area (Å²) in [6, 6.07) is 6.56. The maximum Gasteiger partial charge on any atom is 0.416 e. The lowest BCUT2D eigenvalue weighted by Crippen LogP contribution is -2.06. The van der Waals surface area contributed by atoms with Crippen LogP contribution in [0.4, 0.5) is 18.9 Å². The van der Waals surface area contributed by atoms with Crippen molar-refractivity contribution in [3.63, 3.8) is 0 Å². The highest BCUT2D eigenvalue weighted by atomic mass is 35.5. The summed E-state index contributed by atoms with van der Waals surface area (Å²) < 4.78 is 42.4. The van der Waals surface area contributed by atoms with Crippen molar-refractivity contribution < 1.29 is 27.6 Å². The van der Waals surface area contributed by atoms with Crippen LogP contribution in [0, 0.1) is 10.1 Å². The number of methoxy groups -OCH3 is 1. The molecule has 132 valence electrons. The van der Waals surface area contributed by atoms with E-state index < -0.39 is 28.3 Å². The maximum atomic E-state index is 12.6. The average molecular weight is 392 g/mol. The summed E-state index contributed by atoms with van der Waals surface area (Å²) in [5.74, 6) is -0.896. The van der Waals surface area contributed by atoms with Crippen LogP contribution in [-0.2, 0) is 10.9 Å². The summed E-state index contributed by atoms with van der Waals surface area (Å²) in [4.78, 5) is 22.6. The molecule has 0 aliphatic heterocycles. The van der Waals surface area contributed by atoms with E-state index in [0.29, 0.717) is 9.79 Å². The first-order chi connectivity index (χ1) is 11.6. The number of carbonyl (C=O) groups is 1. The lowest BCUT2D eigenvalue weighted by Gasteiger charge is -2.10. The fraction of sp³-hybridized carbons (Fsp3) is 0.133. The predicted molar refractivity (Wildman–Crippen MR) is 85.0 cm³/mol. The molecule has 0 atom stereocenters. The Bertz CT molecular complexity index is 842. The van der Waals surface area contributed by atoms with Gasteiger partial charge >= 0.3 is 12.1 Å². The van der Waals surface area contributed by atoms with Crippen LogP contribution in [0.2, 0.25) is 5.02 Å². The van der Waals surface area contributed by atoms with Gasteiger partial charge in [0.05, 0.1) is 22.6 Å². The SMILES string of the molecule is COC(=O)c1cc(Sc2ccc(C(F)(F)F)cc2Cl)ccc1[N+](=O)[O-]. The van der Waals surface area contributed by atoms with Gasteiger partial charge in [0.25, 0.3) is 5.69 Å². The number of alkyl halides is 3. The summed E-state index contributed by atoms with van der Waals surface area (Å²) in [5, 5.41) is 10.8. The maximum absolute atomic E-state index is 12.6. The molecule has 10 heteroatoms. The molecule has 0 fully saturated rings. The van der Waals surface area contributed by atoms with Gasteiger partial charge in [-0.15, -0.1) is 0 Å². The molecule has 0 saturated carbocycles. The minimum Gasteiger partial charge on any atom is -0.465 e. The first kappa shape index (κ1) is 19.1. The minimum absolute atomic E-state index is 0.127. The van der Waals surface area contributed by atoms with Gasteiger partial charge in [-0.2, -0.15) is 13.2 Å². The summed E-state index contributed by atoms with van der Waals surface area (Å²) in [5.41, 5.74) is -1.59. The van der Waals surface area contributed by atoms with Crippen LogP contribution < -0.4 is 0 Å². The number of benzene rings is 2. The zero-order chi connectivity index (χ0) is 18.8. The van der Waals surface area contributed by atoms with Crippen LogP contribution in [0.3, 0.4) is 0 Å². The Morgan fingerprint density at radius 2 is 1.92 bits per heavy atom. The highest BCUT2D eigenvalue weighted by Gasteiger charge is 2.31. The molecule has 25 heavy (non-hydrogen) atoms. The van der Waals surface area contributed by atoms with Gasteiger partial charge in [0, 0.05) is 15.9 Å². The molecular formula is C15H9ClF3NO4S. The van der Waals surface area contributed by atoms with Crippen molar-refractivity contribution in [2.24, 2.45) is 0 Å². The first-order valence-electron chi connectivity index (χ1n) is 6.55. The van der Waals surface area contributed by atoms with Crippen molar-refractivity contribution in [3.8, 4) is 0 Å². The Labute approximate surface area is 148 Å². The van der Waals surface area contributed by atoms with E-state index in [-0.39, 0.29) is 10.6 Å². The van der Waals surface area contributed by atoms with Gasteiger partial charge in [0.15, 0.2) is 0 Å². The molecular weight excluding hydrogens is 383 g/mol. The normalized spacial score (nSPS) is 11.2. The number of hydrogen-bond donors (Lipinski definition) is 0. The van der Waals surface area contributed by atoms with Crippen molar-refractivity contribution in [3.05, 3.63) is 62.7 Å². The highest BCUT2D eigenvalue weighted by molar-refractivity contribution is 7.99. The minimum atomic E-state index is -4.52. The molecule has 2 rings (SSSR count). The number of nitro benzene ring substituents is 1. The summed E-state index contributed by atoms with van der Waals surface area (Å²) in [7, 11) is 1.08. The van der Waals surface area contributed by atoms with E-state index in [1.807, 2.05) is 0 Å². The lowest BCUT2D eigenvalue weighted by atomic mass is 10.2. The van der Waals surface area contributed by atoms with Gasteiger partial charge in [0.2, 0.25) is 0 Å². The second-order valence-corrected chi connectivity index (χ2v) is 6.20. The van der Waals surface area contributed by atoms with E-state index >= 15 is 0 Å². The third-order valence-electron chi connectivity index (χ3n) is 3.06. The summed E-state index contributed by atoms with van der Waals surface area (Å²) in [6.45, 7) is 0. The molecule has 0 radical (unpaired) electrons. The molecule has 2 aromatic rings. The van der Waals surface area contributed by atoms with Crippen molar-refractivity contribution in [1.29, 1.82) is 0 Å². The largest absolute Gasteiger partial charge is 0.465 e. The van der Waals surface area contributed by atoms with Crippen LogP contribution >= 0.6 is 23.4 Å². The second kappa shape index (κ2) is 7.32. The lowest BCUT2D eigenvalue weighted by molar-refractivity contribution is -0.385. The zero-order valence-corrected chi connectivity index (χ0v) is 14.0. The molecule has 0 amide bonds. The third-order valence-corrected chi connectivity index (χ3v) is 4.55. The Balaban J connectivity index is 2.38. The predicted octanol–water partition coefficient (Wildman–Crippen LogP) is 5.20. The Hall–Kier alpha value is -2.26. The Morgan fingerprint density at radius 3 is 2.44 bits per heavy atom. The molecule has 0 saturated heterocycles. The van der Waals surface area contributed by atoms with Crippen LogP contribution in [0.1, 0.15) is 15.9 Å². The van der Waals surface area contributed by atoms with Crippen molar-refractivity contribution in [2.75, 3.05) is 7.11 Å². The van der Waals surface area contributed by atoms with Gasteiger partial charge in [-0.25, -0.2) is 4.79 Å². The Morgan fingerprint density at radius 1 is 1.24 bits per heavy atom. The van der Waals surface area contributed by atoms with Gasteiger partial charge in [0.1, 0.15) is 5.56 Å². The number of ether oxygens (including phenoxy) is 1. The monoisotopic (exact) mass is 391 g/mol. The average Bonchev–Trinajstić information content (AvgIpc) is 2.54. The molecule has 0 aromatic heterocycles. The fourth-order valence-electron chi connectivity index (χ4n) is 1.90. The molecule has 0 N–H and O–H groups in total. The summed E-state index contributed by atoms with van der Waals surface area (Å²) in [6.07, 6.45) is -4.52. The molecule has 5 nitrogen and oxygen atoms in total. The van der Waals surface area contributed by atoms with E-state index in [1.54, 1.807) is 0 Å². The fourth-order valence-corrected chi connectivity index (χ4v) is 3.05. The standard InChI is InChI=1S/C15H9ClF3NO4S/c1-24-14(21)10-7-9(3-4-12(10)20(22)23)25-13-5-2-8(6-11(13)16)15(17,18)19/h2-7H,1H3. The van der Waals surface area contributed by atoms with Crippen molar-refractivity contribution >= 4 is 35.0 Å². The number of nitro groups is 1. The first-order valence-corrected chi connectivity index (χ1v) is 7.74. The highest BCUT2D eigenvalue weighted by Crippen LogP contribution is 2.38. The number of carbonyl (C=O) groups excluding carboxylic acids is 1. The quantitative estimate of drug-likeness (QED) is 0.407. The second-order valence-electron chi connectivity index (χ2n) is 4.67. The topological polar surface area (TPSA) is 69.4 Å². The smallest absolute Gasteiger partial charge is 0.416 e. The zero-order valence-electron chi connectivity index (χ0n) is 12.5. The number of esters is 1. The van der Waals surface area contributed by atoms with Crippen LogP contribution in [0.25, 0.3) is 0 Å². The van der Waals surface area contributed by atoms with Crippen LogP contribution in [0.15, 0.2) is 46.2 Å². The molecule has 2 aromatic carbocycles. The molecule has 0 heterocycles. The van der Waals surface area contributed by atoms with Gasteiger partial charge < -0.3 is 4.74 Å². The summed E-state index contributed by atoms with van der Waals surface area (Å²) >= 11 is 6.84. The molecule has 0 aliphatic rings. The number of rotatable bonds is 4. The number of nitrogens with zero attached hydrogens (tertiary/aromatic N) is 1. The number of hydrogen-bond acceptors (Lipinski definition) is 5. The van der Waals surface area contributed by atoms with Crippen LogP contribution in [0.5, 0.6) is 0 Å². The molecule has 0 bridgehead atoms. The van der Waals surface area contributed by atoms with E-state index in [1.165, 1.54) is 18.2 Å². The third kappa shape index (κ3) is 4.43. The van der Waals surface area contributed by atoms with Gasteiger partial charge in [-0.05, 0) is 30.3 Å².